The monoisotopic (exact) mass is 226 g/mol. The minimum Gasteiger partial charge on any atom is -0.315 e. The zero-order valence-electron chi connectivity index (χ0n) is 11.5. The van der Waals surface area contributed by atoms with E-state index >= 15 is 0 Å². The zero-order valence-corrected chi connectivity index (χ0v) is 11.5. The first-order valence-corrected chi connectivity index (χ1v) is 7.11. The van der Waals surface area contributed by atoms with Gasteiger partial charge in [0.05, 0.1) is 0 Å². The van der Waals surface area contributed by atoms with Crippen molar-refractivity contribution in [1.29, 1.82) is 0 Å². The van der Waals surface area contributed by atoms with Crippen molar-refractivity contribution in [2.45, 2.75) is 46.5 Å². The molecule has 1 saturated heterocycles. The average molecular weight is 226 g/mol. The van der Waals surface area contributed by atoms with Crippen LogP contribution in [-0.4, -0.2) is 37.6 Å². The molecule has 2 heteroatoms. The molecule has 0 unspecified atom stereocenters. The Morgan fingerprint density at radius 2 is 1.88 bits per heavy atom. The van der Waals surface area contributed by atoms with Gasteiger partial charge in [-0.05, 0) is 57.2 Å². The smallest absolute Gasteiger partial charge is 0.0107 e. The molecule has 0 amide bonds. The Hall–Kier alpha value is -0.0800. The van der Waals surface area contributed by atoms with Crippen molar-refractivity contribution in [1.82, 2.24) is 10.2 Å². The molecular weight excluding hydrogens is 196 g/mol. The quantitative estimate of drug-likeness (QED) is 0.672. The maximum Gasteiger partial charge on any atom is 0.0107 e. The lowest BCUT2D eigenvalue weighted by Gasteiger charge is -2.30. The molecule has 0 aromatic rings. The van der Waals surface area contributed by atoms with Crippen LogP contribution >= 0.6 is 0 Å². The third-order valence-corrected chi connectivity index (χ3v) is 3.62. The molecule has 1 aliphatic heterocycles. The lowest BCUT2D eigenvalue weighted by atomic mass is 9.99. The molecule has 0 radical (unpaired) electrons. The van der Waals surface area contributed by atoms with Crippen LogP contribution in [0.2, 0.25) is 0 Å². The summed E-state index contributed by atoms with van der Waals surface area (Å²) in [6, 6.07) is 0. The van der Waals surface area contributed by atoms with Crippen molar-refractivity contribution >= 4 is 0 Å². The van der Waals surface area contributed by atoms with Gasteiger partial charge in [-0.2, -0.15) is 0 Å². The molecule has 0 saturated carbocycles. The highest BCUT2D eigenvalue weighted by Crippen LogP contribution is 2.15. The maximum atomic E-state index is 3.56. The summed E-state index contributed by atoms with van der Waals surface area (Å²) < 4.78 is 0. The molecule has 1 heterocycles. The summed E-state index contributed by atoms with van der Waals surface area (Å²) in [4.78, 5) is 2.61. The maximum absolute atomic E-state index is 3.56. The second-order valence-electron chi connectivity index (χ2n) is 5.81. The number of piperidine rings is 1. The normalized spacial score (nSPS) is 19.5. The van der Waals surface area contributed by atoms with Crippen LogP contribution in [-0.2, 0) is 0 Å². The first-order valence-electron chi connectivity index (χ1n) is 7.11. The third-order valence-electron chi connectivity index (χ3n) is 3.62. The van der Waals surface area contributed by atoms with Crippen LogP contribution in [0.15, 0.2) is 0 Å². The van der Waals surface area contributed by atoms with Crippen LogP contribution in [0.25, 0.3) is 0 Å². The second kappa shape index (κ2) is 8.08. The van der Waals surface area contributed by atoms with Gasteiger partial charge in [-0.25, -0.2) is 0 Å². The number of rotatable bonds is 7. The summed E-state index contributed by atoms with van der Waals surface area (Å²) in [5.41, 5.74) is 0. The van der Waals surface area contributed by atoms with Crippen molar-refractivity contribution in [2.75, 3.05) is 32.7 Å². The Bertz CT molecular complexity index is 160. The molecule has 96 valence electrons. The predicted octanol–water partition coefficient (Wildman–Crippen LogP) is 2.74. The Kier molecular flexibility index (Phi) is 7.06. The van der Waals surface area contributed by atoms with E-state index in [0.29, 0.717) is 0 Å². The molecule has 1 N–H and O–H groups in total. The minimum atomic E-state index is 0.852. The fourth-order valence-electron chi connectivity index (χ4n) is 2.28. The van der Waals surface area contributed by atoms with Gasteiger partial charge in [-0.1, -0.05) is 20.8 Å². The second-order valence-corrected chi connectivity index (χ2v) is 5.81. The van der Waals surface area contributed by atoms with Gasteiger partial charge in [0, 0.05) is 13.1 Å². The molecule has 0 aromatic carbocycles. The average Bonchev–Trinajstić information content (AvgIpc) is 2.25. The van der Waals surface area contributed by atoms with Crippen molar-refractivity contribution in [3.8, 4) is 0 Å². The SMILES string of the molecule is CC(C)CCCNCCN1CCC(C)CC1. The fraction of sp³-hybridized carbons (Fsp3) is 1.00. The summed E-state index contributed by atoms with van der Waals surface area (Å²) in [6.07, 6.45) is 5.48. The molecular formula is C14H30N2. The van der Waals surface area contributed by atoms with Crippen molar-refractivity contribution in [3.05, 3.63) is 0 Å². The van der Waals surface area contributed by atoms with E-state index < -0.39 is 0 Å². The molecule has 1 fully saturated rings. The molecule has 0 aromatic heterocycles. The minimum absolute atomic E-state index is 0.852. The lowest BCUT2D eigenvalue weighted by molar-refractivity contribution is 0.193. The van der Waals surface area contributed by atoms with Crippen LogP contribution in [0.1, 0.15) is 46.5 Å². The molecule has 0 atom stereocenters. The Labute approximate surface area is 102 Å². The van der Waals surface area contributed by atoms with Crippen LogP contribution < -0.4 is 5.32 Å². The van der Waals surface area contributed by atoms with Gasteiger partial charge in [0.25, 0.3) is 0 Å². The largest absolute Gasteiger partial charge is 0.315 e. The van der Waals surface area contributed by atoms with Crippen molar-refractivity contribution in [3.63, 3.8) is 0 Å². The van der Waals surface area contributed by atoms with E-state index in [1.54, 1.807) is 0 Å². The van der Waals surface area contributed by atoms with Gasteiger partial charge in [0.1, 0.15) is 0 Å². The van der Waals surface area contributed by atoms with E-state index in [1.807, 2.05) is 0 Å². The topological polar surface area (TPSA) is 15.3 Å². The van der Waals surface area contributed by atoms with Crippen LogP contribution in [0, 0.1) is 11.8 Å². The van der Waals surface area contributed by atoms with Gasteiger partial charge in [0.15, 0.2) is 0 Å². The molecule has 1 aliphatic rings. The van der Waals surface area contributed by atoms with Crippen molar-refractivity contribution in [2.24, 2.45) is 11.8 Å². The van der Waals surface area contributed by atoms with Crippen molar-refractivity contribution < 1.29 is 0 Å². The van der Waals surface area contributed by atoms with Crippen LogP contribution in [0.4, 0.5) is 0 Å². The fourth-order valence-corrected chi connectivity index (χ4v) is 2.28. The van der Waals surface area contributed by atoms with E-state index in [9.17, 15) is 0 Å². The number of likely N-dealkylation sites (tertiary alicyclic amines) is 1. The molecule has 0 aliphatic carbocycles. The number of hydrogen-bond acceptors (Lipinski definition) is 2. The first-order chi connectivity index (χ1) is 7.68. The Balaban J connectivity index is 1.87. The molecule has 16 heavy (non-hydrogen) atoms. The summed E-state index contributed by atoms with van der Waals surface area (Å²) in [6.45, 7) is 13.2. The predicted molar refractivity (Wildman–Crippen MR) is 71.8 cm³/mol. The highest BCUT2D eigenvalue weighted by molar-refractivity contribution is 4.69. The number of nitrogens with zero attached hydrogens (tertiary/aromatic N) is 1. The molecule has 0 spiro atoms. The summed E-state index contributed by atoms with van der Waals surface area (Å²) in [7, 11) is 0. The first kappa shape index (κ1) is 14.0. The molecule has 2 nitrogen and oxygen atoms in total. The highest BCUT2D eigenvalue weighted by atomic mass is 15.1. The number of hydrogen-bond donors (Lipinski definition) is 1. The third kappa shape index (κ3) is 6.49. The standard InChI is InChI=1S/C14H30N2/c1-13(2)5-4-8-15-9-12-16-10-6-14(3)7-11-16/h13-15H,4-12H2,1-3H3. The van der Waals surface area contributed by atoms with E-state index in [4.69, 9.17) is 0 Å². The van der Waals surface area contributed by atoms with Gasteiger partial charge in [-0.3, -0.25) is 0 Å². The Morgan fingerprint density at radius 3 is 2.50 bits per heavy atom. The van der Waals surface area contributed by atoms with Crippen LogP contribution in [0.5, 0.6) is 0 Å². The molecule has 0 bridgehead atoms. The lowest BCUT2D eigenvalue weighted by Crippen LogP contribution is -2.38. The summed E-state index contributed by atoms with van der Waals surface area (Å²) in [5, 5.41) is 3.56. The zero-order chi connectivity index (χ0) is 11.8. The Morgan fingerprint density at radius 1 is 1.19 bits per heavy atom. The van der Waals surface area contributed by atoms with Gasteiger partial charge >= 0.3 is 0 Å². The van der Waals surface area contributed by atoms with E-state index in [-0.39, 0.29) is 0 Å². The van der Waals surface area contributed by atoms with E-state index in [0.717, 1.165) is 11.8 Å². The summed E-state index contributed by atoms with van der Waals surface area (Å²) >= 11 is 0. The van der Waals surface area contributed by atoms with E-state index in [1.165, 1.54) is 58.4 Å². The molecule has 1 rings (SSSR count). The van der Waals surface area contributed by atoms with Gasteiger partial charge < -0.3 is 10.2 Å². The summed E-state index contributed by atoms with van der Waals surface area (Å²) in [5.74, 6) is 1.81. The van der Waals surface area contributed by atoms with Crippen LogP contribution in [0.3, 0.4) is 0 Å². The van der Waals surface area contributed by atoms with Gasteiger partial charge in [-0.15, -0.1) is 0 Å². The van der Waals surface area contributed by atoms with E-state index in [2.05, 4.69) is 31.0 Å². The number of nitrogens with one attached hydrogen (secondary N) is 1. The highest BCUT2D eigenvalue weighted by Gasteiger charge is 2.14. The van der Waals surface area contributed by atoms with Gasteiger partial charge in [0.2, 0.25) is 0 Å².